The van der Waals surface area contributed by atoms with Crippen LogP contribution in [0, 0.1) is 5.92 Å². The zero-order valence-corrected chi connectivity index (χ0v) is 12.2. The van der Waals surface area contributed by atoms with E-state index in [1.807, 2.05) is 6.20 Å². The summed E-state index contributed by atoms with van der Waals surface area (Å²) in [4.78, 5) is 6.72. The summed E-state index contributed by atoms with van der Waals surface area (Å²) < 4.78 is 0. The van der Waals surface area contributed by atoms with Crippen LogP contribution in [0.5, 0.6) is 0 Å². The van der Waals surface area contributed by atoms with E-state index < -0.39 is 0 Å². The van der Waals surface area contributed by atoms with E-state index in [2.05, 4.69) is 73.5 Å². The van der Waals surface area contributed by atoms with Crippen molar-refractivity contribution in [2.75, 3.05) is 26.0 Å². The highest BCUT2D eigenvalue weighted by atomic mass is 15.1. The molecule has 1 aromatic carbocycles. The van der Waals surface area contributed by atoms with Crippen LogP contribution >= 0.6 is 0 Å². The number of rotatable bonds is 5. The van der Waals surface area contributed by atoms with Crippen LogP contribution in [0.1, 0.15) is 13.8 Å². The molecule has 3 nitrogen and oxygen atoms in total. The summed E-state index contributed by atoms with van der Waals surface area (Å²) in [5.41, 5.74) is 0. The summed E-state index contributed by atoms with van der Waals surface area (Å²) in [6.45, 7) is 5.49. The van der Waals surface area contributed by atoms with E-state index in [4.69, 9.17) is 0 Å². The van der Waals surface area contributed by atoms with Crippen molar-refractivity contribution in [1.82, 2.24) is 9.88 Å². The molecule has 3 heteroatoms. The molecule has 0 aliphatic heterocycles. The molecule has 1 heterocycles. The molecule has 0 amide bonds. The maximum Gasteiger partial charge on any atom is 0.134 e. The predicted octanol–water partition coefficient (Wildman–Crippen LogP) is 3.23. The van der Waals surface area contributed by atoms with Crippen molar-refractivity contribution >= 4 is 16.6 Å². The number of aromatic nitrogens is 1. The molecular weight excluding hydrogens is 234 g/mol. The van der Waals surface area contributed by atoms with Crippen LogP contribution in [0.25, 0.3) is 10.8 Å². The Kier molecular flexibility index (Phi) is 4.38. The highest BCUT2D eigenvalue weighted by Gasteiger charge is 2.15. The zero-order chi connectivity index (χ0) is 13.8. The fraction of sp³-hybridized carbons (Fsp3) is 0.438. The lowest BCUT2D eigenvalue weighted by Crippen LogP contribution is -2.36. The molecular formula is C16H23N3. The molecule has 2 aromatic rings. The predicted molar refractivity (Wildman–Crippen MR) is 82.5 cm³/mol. The molecule has 1 unspecified atom stereocenters. The molecule has 19 heavy (non-hydrogen) atoms. The first-order chi connectivity index (χ1) is 9.08. The quantitative estimate of drug-likeness (QED) is 0.891. The highest BCUT2D eigenvalue weighted by Crippen LogP contribution is 2.22. The van der Waals surface area contributed by atoms with Gasteiger partial charge in [0.25, 0.3) is 0 Å². The summed E-state index contributed by atoms with van der Waals surface area (Å²) >= 11 is 0. The third-order valence-electron chi connectivity index (χ3n) is 3.36. The summed E-state index contributed by atoms with van der Waals surface area (Å²) in [7, 11) is 4.21. The molecule has 0 saturated carbocycles. The first kappa shape index (κ1) is 13.8. The Morgan fingerprint density at radius 2 is 1.89 bits per heavy atom. The van der Waals surface area contributed by atoms with Crippen molar-refractivity contribution in [2.45, 2.75) is 19.9 Å². The summed E-state index contributed by atoms with van der Waals surface area (Å²) in [6.07, 6.45) is 1.87. The van der Waals surface area contributed by atoms with Crippen LogP contribution < -0.4 is 5.32 Å². The standard InChI is InChI=1S/C16H23N3/c1-12(2)15(11-19(3)4)18-16-14-8-6-5-7-13(14)9-10-17-16/h5-10,12,15H,11H2,1-4H3,(H,17,18). The molecule has 0 fully saturated rings. The lowest BCUT2D eigenvalue weighted by molar-refractivity contribution is 0.344. The second kappa shape index (κ2) is 6.02. The monoisotopic (exact) mass is 257 g/mol. The van der Waals surface area contributed by atoms with Gasteiger partial charge in [0.15, 0.2) is 0 Å². The van der Waals surface area contributed by atoms with Crippen molar-refractivity contribution in [2.24, 2.45) is 5.92 Å². The van der Waals surface area contributed by atoms with Crippen molar-refractivity contribution in [1.29, 1.82) is 0 Å². The van der Waals surface area contributed by atoms with Gasteiger partial charge in [-0.15, -0.1) is 0 Å². The average Bonchev–Trinajstić information content (AvgIpc) is 2.37. The maximum atomic E-state index is 4.51. The molecule has 0 saturated heterocycles. The van der Waals surface area contributed by atoms with Gasteiger partial charge in [-0.2, -0.15) is 0 Å². The maximum absolute atomic E-state index is 4.51. The number of anilines is 1. The Balaban J connectivity index is 2.28. The molecule has 0 aliphatic carbocycles. The van der Waals surface area contributed by atoms with Crippen LogP contribution in [0.4, 0.5) is 5.82 Å². The Bertz CT molecular complexity index is 529. The van der Waals surface area contributed by atoms with Crippen LogP contribution in [0.3, 0.4) is 0 Å². The molecule has 102 valence electrons. The Hall–Kier alpha value is -1.61. The van der Waals surface area contributed by atoms with Gasteiger partial charge in [-0.25, -0.2) is 4.98 Å². The normalized spacial score (nSPS) is 13.2. The average molecular weight is 257 g/mol. The summed E-state index contributed by atoms with van der Waals surface area (Å²) in [6, 6.07) is 10.8. The van der Waals surface area contributed by atoms with Gasteiger partial charge >= 0.3 is 0 Å². The van der Waals surface area contributed by atoms with Crippen LogP contribution in [-0.4, -0.2) is 36.6 Å². The molecule has 1 atom stereocenters. The molecule has 0 spiro atoms. The number of hydrogen-bond acceptors (Lipinski definition) is 3. The van der Waals surface area contributed by atoms with Crippen LogP contribution in [-0.2, 0) is 0 Å². The number of fused-ring (bicyclic) bond motifs is 1. The molecule has 2 rings (SSSR count). The third kappa shape index (κ3) is 3.44. The van der Waals surface area contributed by atoms with Gasteiger partial charge < -0.3 is 10.2 Å². The lowest BCUT2D eigenvalue weighted by atomic mass is 10.0. The minimum absolute atomic E-state index is 0.397. The van der Waals surface area contributed by atoms with Gasteiger partial charge in [0.1, 0.15) is 5.82 Å². The number of likely N-dealkylation sites (N-methyl/N-ethyl adjacent to an activating group) is 1. The smallest absolute Gasteiger partial charge is 0.134 e. The Morgan fingerprint density at radius 3 is 2.58 bits per heavy atom. The van der Waals surface area contributed by atoms with Gasteiger partial charge in [-0.1, -0.05) is 38.1 Å². The van der Waals surface area contributed by atoms with E-state index >= 15 is 0 Å². The third-order valence-corrected chi connectivity index (χ3v) is 3.36. The second-order valence-electron chi connectivity index (χ2n) is 5.64. The van der Waals surface area contributed by atoms with Gasteiger partial charge in [0.2, 0.25) is 0 Å². The molecule has 1 aromatic heterocycles. The Labute approximate surface area is 115 Å². The molecule has 0 bridgehead atoms. The molecule has 0 radical (unpaired) electrons. The fourth-order valence-corrected chi connectivity index (χ4v) is 2.23. The van der Waals surface area contributed by atoms with Gasteiger partial charge in [0, 0.05) is 24.2 Å². The van der Waals surface area contributed by atoms with Crippen molar-refractivity contribution in [3.8, 4) is 0 Å². The van der Waals surface area contributed by atoms with Gasteiger partial charge in [-0.3, -0.25) is 0 Å². The molecule has 1 N–H and O–H groups in total. The first-order valence-electron chi connectivity index (χ1n) is 6.83. The van der Waals surface area contributed by atoms with E-state index in [0.717, 1.165) is 12.4 Å². The second-order valence-corrected chi connectivity index (χ2v) is 5.64. The van der Waals surface area contributed by atoms with E-state index in [9.17, 15) is 0 Å². The van der Waals surface area contributed by atoms with E-state index in [1.165, 1.54) is 10.8 Å². The van der Waals surface area contributed by atoms with Gasteiger partial charge in [-0.05, 0) is 31.5 Å². The van der Waals surface area contributed by atoms with E-state index in [-0.39, 0.29) is 0 Å². The lowest BCUT2D eigenvalue weighted by Gasteiger charge is -2.26. The largest absolute Gasteiger partial charge is 0.365 e. The topological polar surface area (TPSA) is 28.2 Å². The zero-order valence-electron chi connectivity index (χ0n) is 12.2. The Morgan fingerprint density at radius 1 is 1.16 bits per heavy atom. The van der Waals surface area contributed by atoms with Crippen molar-refractivity contribution in [3.63, 3.8) is 0 Å². The minimum atomic E-state index is 0.397. The number of hydrogen-bond donors (Lipinski definition) is 1. The number of pyridine rings is 1. The van der Waals surface area contributed by atoms with Crippen LogP contribution in [0.2, 0.25) is 0 Å². The fourth-order valence-electron chi connectivity index (χ4n) is 2.23. The van der Waals surface area contributed by atoms with Crippen molar-refractivity contribution in [3.05, 3.63) is 36.5 Å². The van der Waals surface area contributed by atoms with E-state index in [1.54, 1.807) is 0 Å². The van der Waals surface area contributed by atoms with Crippen molar-refractivity contribution < 1.29 is 0 Å². The number of benzene rings is 1. The molecule has 0 aliphatic rings. The van der Waals surface area contributed by atoms with Crippen LogP contribution in [0.15, 0.2) is 36.5 Å². The summed E-state index contributed by atoms with van der Waals surface area (Å²) in [5, 5.41) is 6.02. The van der Waals surface area contributed by atoms with Gasteiger partial charge in [0.05, 0.1) is 0 Å². The first-order valence-corrected chi connectivity index (χ1v) is 6.83. The highest BCUT2D eigenvalue weighted by molar-refractivity contribution is 5.91. The number of nitrogens with zero attached hydrogens (tertiary/aromatic N) is 2. The summed E-state index contributed by atoms with van der Waals surface area (Å²) in [5.74, 6) is 1.54. The van der Waals surface area contributed by atoms with E-state index in [0.29, 0.717) is 12.0 Å². The SMILES string of the molecule is CC(C)C(CN(C)C)Nc1nccc2ccccc12. The number of nitrogens with one attached hydrogen (secondary N) is 1. The minimum Gasteiger partial charge on any atom is -0.365 e.